The number of carbonyl (C=O) groups excluding carboxylic acids is 4. The molecule has 0 aliphatic carbocycles. The van der Waals surface area contributed by atoms with Crippen LogP contribution in [0.5, 0.6) is 0 Å². The molecule has 0 aliphatic rings. The largest absolute Gasteiger partial charge is 0.391 e. The van der Waals surface area contributed by atoms with Gasteiger partial charge in [0, 0.05) is 27.1 Å². The van der Waals surface area contributed by atoms with E-state index in [4.69, 9.17) is 9.47 Å². The first-order valence-corrected chi connectivity index (χ1v) is 8.01. The molecule has 2 atom stereocenters. The van der Waals surface area contributed by atoms with Crippen LogP contribution in [0.15, 0.2) is 0 Å². The summed E-state index contributed by atoms with van der Waals surface area (Å²) < 4.78 is 19.8. The molecule has 0 amide bonds. The fourth-order valence-electron chi connectivity index (χ4n) is 1.67. The van der Waals surface area contributed by atoms with Crippen molar-refractivity contribution < 1.29 is 38.1 Å². The maximum absolute atomic E-state index is 12.1. The van der Waals surface area contributed by atoms with Gasteiger partial charge in [0.05, 0.1) is 0 Å². The maximum atomic E-state index is 12.1. The monoisotopic (exact) mass is 346 g/mol. The molecule has 0 aromatic carbocycles. The molecule has 0 aromatic heterocycles. The highest BCUT2D eigenvalue weighted by Gasteiger charge is 2.39. The van der Waals surface area contributed by atoms with Gasteiger partial charge in [-0.15, -0.1) is 0 Å². The Morgan fingerprint density at radius 3 is 1.29 bits per heavy atom. The Morgan fingerprint density at radius 1 is 0.708 bits per heavy atom. The molecule has 8 nitrogen and oxygen atoms in total. The van der Waals surface area contributed by atoms with Crippen molar-refractivity contribution in [3.05, 3.63) is 0 Å². The Hall–Kier alpha value is -1.80. The summed E-state index contributed by atoms with van der Waals surface area (Å²) in [5.41, 5.74) is 0. The van der Waals surface area contributed by atoms with Crippen LogP contribution in [0.3, 0.4) is 0 Å². The second-order valence-electron chi connectivity index (χ2n) is 5.12. The molecule has 0 heterocycles. The number of hydrogen-bond acceptors (Lipinski definition) is 8. The lowest BCUT2D eigenvalue weighted by atomic mass is 10.2. The van der Waals surface area contributed by atoms with Crippen LogP contribution in [0.4, 0.5) is 0 Å². The normalized spacial score (nSPS) is 13.0. The Kier molecular flexibility index (Phi) is 11.7. The first kappa shape index (κ1) is 22.2. The van der Waals surface area contributed by atoms with Crippen molar-refractivity contribution >= 4 is 23.9 Å². The number of unbranched alkanes of at least 4 members (excludes halogenated alkanes) is 2. The van der Waals surface area contributed by atoms with Gasteiger partial charge in [0.1, 0.15) is 0 Å². The van der Waals surface area contributed by atoms with Crippen molar-refractivity contribution in [1.29, 1.82) is 0 Å². The lowest BCUT2D eigenvalue weighted by Gasteiger charge is -2.23. The second-order valence-corrected chi connectivity index (χ2v) is 5.12. The van der Waals surface area contributed by atoms with Crippen molar-refractivity contribution in [2.45, 2.75) is 65.6 Å². The van der Waals surface area contributed by atoms with Crippen molar-refractivity contribution in [3.8, 4) is 0 Å². The van der Waals surface area contributed by atoms with Gasteiger partial charge in [0.25, 0.3) is 0 Å². The van der Waals surface area contributed by atoms with E-state index in [1.165, 1.54) is 0 Å². The molecule has 0 aromatic rings. The molecule has 24 heavy (non-hydrogen) atoms. The van der Waals surface area contributed by atoms with E-state index in [1.807, 2.05) is 13.8 Å². The quantitative estimate of drug-likeness (QED) is 0.315. The van der Waals surface area contributed by atoms with Gasteiger partial charge in [-0.2, -0.15) is 0 Å². The predicted octanol–water partition coefficient (Wildman–Crippen LogP) is 1.54. The molecule has 138 valence electrons. The third-order valence-electron chi connectivity index (χ3n) is 2.82. The van der Waals surface area contributed by atoms with Gasteiger partial charge in [-0.05, 0) is 12.8 Å². The van der Waals surface area contributed by atoms with Gasteiger partial charge >= 0.3 is 23.9 Å². The number of carbonyl (C=O) groups is 4. The lowest BCUT2D eigenvalue weighted by molar-refractivity contribution is -0.188. The fourth-order valence-corrected chi connectivity index (χ4v) is 1.67. The molecule has 2 unspecified atom stereocenters. The standard InChI is InChI=1S/C16H26O8/c1-5-7-9-21-13(15(19)23-11(3)17)14(22-10-8-6-2)16(20)24-12(4)18/h13-14H,5-10H2,1-4H3. The van der Waals surface area contributed by atoms with Crippen LogP contribution in [0.25, 0.3) is 0 Å². The highest BCUT2D eigenvalue weighted by molar-refractivity contribution is 5.94. The minimum Gasteiger partial charge on any atom is -0.391 e. The van der Waals surface area contributed by atoms with E-state index >= 15 is 0 Å². The highest BCUT2D eigenvalue weighted by Crippen LogP contribution is 2.12. The van der Waals surface area contributed by atoms with Gasteiger partial charge in [0.15, 0.2) is 12.2 Å². The molecule has 0 fully saturated rings. The first-order chi connectivity index (χ1) is 11.3. The average molecular weight is 346 g/mol. The van der Waals surface area contributed by atoms with Crippen LogP contribution in [0.1, 0.15) is 53.4 Å². The zero-order valence-electron chi connectivity index (χ0n) is 14.7. The maximum Gasteiger partial charge on any atom is 0.346 e. The van der Waals surface area contributed by atoms with E-state index in [2.05, 4.69) is 9.47 Å². The second kappa shape index (κ2) is 12.6. The molecule has 0 N–H and O–H groups in total. The van der Waals surface area contributed by atoms with Crippen LogP contribution in [-0.2, 0) is 38.1 Å². The molecule has 0 saturated heterocycles. The predicted molar refractivity (Wildman–Crippen MR) is 82.8 cm³/mol. The van der Waals surface area contributed by atoms with Gasteiger partial charge in [0.2, 0.25) is 0 Å². The van der Waals surface area contributed by atoms with Gasteiger partial charge < -0.3 is 18.9 Å². The molecule has 0 spiro atoms. The summed E-state index contributed by atoms with van der Waals surface area (Å²) in [5, 5.41) is 0. The van der Waals surface area contributed by atoms with Crippen LogP contribution in [0, 0.1) is 0 Å². The van der Waals surface area contributed by atoms with E-state index < -0.39 is 36.1 Å². The minimum atomic E-state index is -1.48. The topological polar surface area (TPSA) is 105 Å². The molecule has 0 radical (unpaired) electrons. The van der Waals surface area contributed by atoms with E-state index in [1.54, 1.807) is 0 Å². The Labute approximate surface area is 141 Å². The van der Waals surface area contributed by atoms with E-state index in [0.29, 0.717) is 12.8 Å². The Bertz CT molecular complexity index is 392. The Morgan fingerprint density at radius 2 is 1.04 bits per heavy atom. The number of ether oxygens (including phenoxy) is 4. The lowest BCUT2D eigenvalue weighted by Crippen LogP contribution is -2.46. The number of esters is 4. The smallest absolute Gasteiger partial charge is 0.346 e. The van der Waals surface area contributed by atoms with Crippen LogP contribution in [-0.4, -0.2) is 49.3 Å². The van der Waals surface area contributed by atoms with Crippen molar-refractivity contribution in [1.82, 2.24) is 0 Å². The third kappa shape index (κ3) is 9.36. The van der Waals surface area contributed by atoms with Crippen LogP contribution >= 0.6 is 0 Å². The molecule has 0 aliphatic heterocycles. The zero-order valence-corrected chi connectivity index (χ0v) is 14.7. The van der Waals surface area contributed by atoms with Crippen molar-refractivity contribution in [3.63, 3.8) is 0 Å². The summed E-state index contributed by atoms with van der Waals surface area (Å²) in [6, 6.07) is 0. The molecule has 8 heteroatoms. The Balaban J connectivity index is 5.23. The summed E-state index contributed by atoms with van der Waals surface area (Å²) in [7, 11) is 0. The highest BCUT2D eigenvalue weighted by atomic mass is 16.6. The molecule has 0 rings (SSSR count). The summed E-state index contributed by atoms with van der Waals surface area (Å²) in [5.74, 6) is -3.78. The molecule has 0 saturated carbocycles. The van der Waals surface area contributed by atoms with Crippen molar-refractivity contribution in [2.24, 2.45) is 0 Å². The summed E-state index contributed by atoms with van der Waals surface area (Å²) in [6.45, 7) is 6.28. The van der Waals surface area contributed by atoms with Gasteiger partial charge in [-0.3, -0.25) is 9.59 Å². The fraction of sp³-hybridized carbons (Fsp3) is 0.750. The van der Waals surface area contributed by atoms with E-state index in [9.17, 15) is 19.2 Å². The van der Waals surface area contributed by atoms with Gasteiger partial charge in [-0.25, -0.2) is 9.59 Å². The molecule has 0 bridgehead atoms. The molecular formula is C16H26O8. The molecular weight excluding hydrogens is 320 g/mol. The van der Waals surface area contributed by atoms with E-state index in [0.717, 1.165) is 26.7 Å². The van der Waals surface area contributed by atoms with E-state index in [-0.39, 0.29) is 13.2 Å². The first-order valence-electron chi connectivity index (χ1n) is 8.01. The SMILES string of the molecule is CCCCOC(C(=O)OC(C)=O)C(OCCCC)C(=O)OC(C)=O. The summed E-state index contributed by atoms with van der Waals surface area (Å²) in [6.07, 6.45) is -0.101. The number of rotatable bonds is 11. The van der Waals surface area contributed by atoms with Crippen molar-refractivity contribution in [2.75, 3.05) is 13.2 Å². The number of hydrogen-bond donors (Lipinski definition) is 0. The third-order valence-corrected chi connectivity index (χ3v) is 2.82. The zero-order chi connectivity index (χ0) is 18.5. The van der Waals surface area contributed by atoms with Crippen LogP contribution in [0.2, 0.25) is 0 Å². The summed E-state index contributed by atoms with van der Waals surface area (Å²) in [4.78, 5) is 46.2. The summed E-state index contributed by atoms with van der Waals surface area (Å²) >= 11 is 0. The minimum absolute atomic E-state index is 0.162. The van der Waals surface area contributed by atoms with Gasteiger partial charge in [-0.1, -0.05) is 26.7 Å². The van der Waals surface area contributed by atoms with Crippen LogP contribution < -0.4 is 0 Å². The average Bonchev–Trinajstić information content (AvgIpc) is 2.47.